The van der Waals surface area contributed by atoms with E-state index in [1.807, 2.05) is 18.5 Å². The van der Waals surface area contributed by atoms with Crippen molar-refractivity contribution >= 4 is 15.9 Å². The second-order valence-electron chi connectivity index (χ2n) is 4.49. The van der Waals surface area contributed by atoms with Crippen LogP contribution in [-0.4, -0.2) is 16.7 Å². The molecule has 3 nitrogen and oxygen atoms in total. The summed E-state index contributed by atoms with van der Waals surface area (Å²) in [6.07, 6.45) is 0. The molecule has 1 heterocycles. The number of aromatic nitrogens is 2. The molecule has 0 spiro atoms. The first kappa shape index (κ1) is 13.1. The minimum atomic E-state index is 0.858. The third-order valence-corrected chi connectivity index (χ3v) is 4.23. The van der Waals surface area contributed by atoms with Gasteiger partial charge in [-0.05, 0) is 60.0 Å². The van der Waals surface area contributed by atoms with E-state index in [-0.39, 0.29) is 0 Å². The number of nitrogens with zero attached hydrogens (tertiary/aromatic N) is 2. The Labute approximate surface area is 116 Å². The fraction of sp³-hybridized carbons (Fsp3) is 0.357. The van der Waals surface area contributed by atoms with Crippen molar-refractivity contribution in [1.29, 1.82) is 0 Å². The van der Waals surface area contributed by atoms with Gasteiger partial charge in [-0.2, -0.15) is 0 Å². The van der Waals surface area contributed by atoms with E-state index >= 15 is 0 Å². The number of hydrogen-bond donors (Lipinski definition) is 0. The summed E-state index contributed by atoms with van der Waals surface area (Å²) in [6.45, 7) is 6.17. The normalized spacial score (nSPS) is 10.8. The molecule has 0 bridgehead atoms. The minimum Gasteiger partial charge on any atom is -0.496 e. The first-order valence-corrected chi connectivity index (χ1v) is 6.59. The predicted molar refractivity (Wildman–Crippen MR) is 77.1 cm³/mol. The molecule has 18 heavy (non-hydrogen) atoms. The lowest BCUT2D eigenvalue weighted by Crippen LogP contribution is -1.93. The Morgan fingerprint density at radius 2 is 1.78 bits per heavy atom. The van der Waals surface area contributed by atoms with Crippen molar-refractivity contribution in [2.24, 2.45) is 7.05 Å². The van der Waals surface area contributed by atoms with Crippen molar-refractivity contribution in [3.63, 3.8) is 0 Å². The highest BCUT2D eigenvalue weighted by Gasteiger charge is 2.16. The van der Waals surface area contributed by atoms with Crippen LogP contribution in [0.5, 0.6) is 5.75 Å². The summed E-state index contributed by atoms with van der Waals surface area (Å²) < 4.78 is 8.46. The van der Waals surface area contributed by atoms with Crippen LogP contribution in [0.15, 0.2) is 16.7 Å². The molecule has 0 aliphatic rings. The van der Waals surface area contributed by atoms with Crippen LogP contribution in [0.3, 0.4) is 0 Å². The van der Waals surface area contributed by atoms with Crippen LogP contribution in [0, 0.1) is 20.8 Å². The van der Waals surface area contributed by atoms with Gasteiger partial charge in [0.15, 0.2) is 0 Å². The number of methoxy groups -OCH3 is 1. The van der Waals surface area contributed by atoms with Gasteiger partial charge in [-0.25, -0.2) is 4.98 Å². The number of halogens is 1. The maximum atomic E-state index is 5.47. The average molecular weight is 309 g/mol. The molecule has 0 fully saturated rings. The first-order valence-electron chi connectivity index (χ1n) is 5.80. The van der Waals surface area contributed by atoms with Gasteiger partial charge >= 0.3 is 0 Å². The van der Waals surface area contributed by atoms with E-state index in [9.17, 15) is 0 Å². The van der Waals surface area contributed by atoms with E-state index in [2.05, 4.69) is 46.9 Å². The summed E-state index contributed by atoms with van der Waals surface area (Å²) in [6, 6.07) is 4.18. The van der Waals surface area contributed by atoms with Crippen LogP contribution in [0.2, 0.25) is 0 Å². The second-order valence-corrected chi connectivity index (χ2v) is 5.25. The van der Waals surface area contributed by atoms with Crippen LogP contribution in [0.25, 0.3) is 11.3 Å². The summed E-state index contributed by atoms with van der Waals surface area (Å²) in [4.78, 5) is 4.60. The van der Waals surface area contributed by atoms with Crippen molar-refractivity contribution in [2.75, 3.05) is 7.11 Å². The van der Waals surface area contributed by atoms with E-state index < -0.39 is 0 Å². The molecular weight excluding hydrogens is 292 g/mol. The third kappa shape index (κ3) is 2.05. The molecule has 0 aliphatic carbocycles. The highest BCUT2D eigenvalue weighted by atomic mass is 79.9. The van der Waals surface area contributed by atoms with Crippen molar-refractivity contribution < 1.29 is 4.74 Å². The van der Waals surface area contributed by atoms with Gasteiger partial charge in [-0.3, -0.25) is 0 Å². The SMILES string of the molecule is COc1cc(C)c(C)cc1-c1nc(C)n(C)c1Br. The quantitative estimate of drug-likeness (QED) is 0.844. The zero-order valence-electron chi connectivity index (χ0n) is 11.3. The smallest absolute Gasteiger partial charge is 0.128 e. The zero-order chi connectivity index (χ0) is 13.4. The van der Waals surface area contributed by atoms with Crippen molar-refractivity contribution in [3.8, 4) is 17.0 Å². The Morgan fingerprint density at radius 1 is 1.17 bits per heavy atom. The first-order chi connectivity index (χ1) is 8.45. The number of imidazole rings is 1. The van der Waals surface area contributed by atoms with E-state index in [1.54, 1.807) is 7.11 Å². The molecule has 0 saturated carbocycles. The van der Waals surface area contributed by atoms with Gasteiger partial charge in [0.25, 0.3) is 0 Å². The zero-order valence-corrected chi connectivity index (χ0v) is 12.9. The number of benzene rings is 1. The molecule has 96 valence electrons. The summed E-state index contributed by atoms with van der Waals surface area (Å²) >= 11 is 3.59. The highest BCUT2D eigenvalue weighted by molar-refractivity contribution is 9.10. The molecule has 2 rings (SSSR count). The summed E-state index contributed by atoms with van der Waals surface area (Å²) in [5.74, 6) is 1.83. The molecule has 2 aromatic rings. The van der Waals surface area contributed by atoms with Crippen LogP contribution in [0.1, 0.15) is 17.0 Å². The van der Waals surface area contributed by atoms with Gasteiger partial charge in [0.2, 0.25) is 0 Å². The number of rotatable bonds is 2. The van der Waals surface area contributed by atoms with E-state index in [1.165, 1.54) is 11.1 Å². The van der Waals surface area contributed by atoms with Gasteiger partial charge in [-0.1, -0.05) is 0 Å². The minimum absolute atomic E-state index is 0.858. The molecular formula is C14H17BrN2O. The van der Waals surface area contributed by atoms with Gasteiger partial charge < -0.3 is 9.30 Å². The van der Waals surface area contributed by atoms with Crippen molar-refractivity contribution in [3.05, 3.63) is 33.7 Å². The standard InChI is InChI=1S/C14H17BrN2O/c1-8-6-11(12(18-5)7-9(8)2)13-14(15)17(4)10(3)16-13/h6-7H,1-5H3. The molecule has 0 amide bonds. The molecule has 0 radical (unpaired) electrons. The molecule has 0 saturated heterocycles. The maximum Gasteiger partial charge on any atom is 0.128 e. The molecule has 1 aromatic heterocycles. The highest BCUT2D eigenvalue weighted by Crippen LogP contribution is 2.36. The summed E-state index contributed by atoms with van der Waals surface area (Å²) in [7, 11) is 3.68. The van der Waals surface area contributed by atoms with E-state index in [4.69, 9.17) is 4.74 Å². The fourth-order valence-electron chi connectivity index (χ4n) is 1.90. The van der Waals surface area contributed by atoms with E-state index in [0.717, 1.165) is 27.4 Å². The second kappa shape index (κ2) is 4.76. The maximum absolute atomic E-state index is 5.47. The van der Waals surface area contributed by atoms with Crippen LogP contribution < -0.4 is 4.74 Å². The van der Waals surface area contributed by atoms with Gasteiger partial charge in [-0.15, -0.1) is 0 Å². The van der Waals surface area contributed by atoms with Crippen LogP contribution in [0.4, 0.5) is 0 Å². The Hall–Kier alpha value is -1.29. The monoisotopic (exact) mass is 308 g/mol. The molecule has 4 heteroatoms. The molecule has 0 aliphatic heterocycles. The molecule has 0 unspecified atom stereocenters. The molecule has 0 N–H and O–H groups in total. The lowest BCUT2D eigenvalue weighted by molar-refractivity contribution is 0.416. The molecule has 0 atom stereocenters. The van der Waals surface area contributed by atoms with Gasteiger partial charge in [0.1, 0.15) is 21.9 Å². The Morgan fingerprint density at radius 3 is 2.28 bits per heavy atom. The van der Waals surface area contributed by atoms with Gasteiger partial charge in [0, 0.05) is 12.6 Å². The van der Waals surface area contributed by atoms with Crippen molar-refractivity contribution in [2.45, 2.75) is 20.8 Å². The number of hydrogen-bond acceptors (Lipinski definition) is 2. The number of aryl methyl sites for hydroxylation is 3. The topological polar surface area (TPSA) is 27.1 Å². The van der Waals surface area contributed by atoms with Crippen LogP contribution >= 0.6 is 15.9 Å². The fourth-order valence-corrected chi connectivity index (χ4v) is 2.46. The van der Waals surface area contributed by atoms with Crippen LogP contribution in [-0.2, 0) is 7.05 Å². The summed E-state index contributed by atoms with van der Waals surface area (Å²) in [5.41, 5.74) is 4.41. The third-order valence-electron chi connectivity index (χ3n) is 3.32. The van der Waals surface area contributed by atoms with Crippen molar-refractivity contribution in [1.82, 2.24) is 9.55 Å². The van der Waals surface area contributed by atoms with Gasteiger partial charge in [0.05, 0.1) is 7.11 Å². The van der Waals surface area contributed by atoms with E-state index in [0.29, 0.717) is 0 Å². The molecule has 1 aromatic carbocycles. The lowest BCUT2D eigenvalue weighted by atomic mass is 10.0. The Balaban J connectivity index is 2.70. The Bertz CT molecular complexity index is 602. The lowest BCUT2D eigenvalue weighted by Gasteiger charge is -2.10. The predicted octanol–water partition coefficient (Wildman–Crippen LogP) is 3.78. The average Bonchev–Trinajstić information content (AvgIpc) is 2.60. The Kier molecular flexibility index (Phi) is 3.48. The summed E-state index contributed by atoms with van der Waals surface area (Å²) in [5, 5.41) is 0. The largest absolute Gasteiger partial charge is 0.496 e. The number of ether oxygens (including phenoxy) is 1.